The predicted molar refractivity (Wildman–Crippen MR) is 65.0 cm³/mol. The summed E-state index contributed by atoms with van der Waals surface area (Å²) in [7, 11) is 2.07. The van der Waals surface area contributed by atoms with Crippen LogP contribution in [0.4, 0.5) is 0 Å². The Labute approximate surface area is 94.8 Å². The first-order chi connectivity index (χ1) is 6.79. The lowest BCUT2D eigenvalue weighted by Crippen LogP contribution is -2.48. The molecule has 5 unspecified atom stereocenters. The Kier molecular flexibility index (Phi) is 3.83. The Morgan fingerprint density at radius 3 is 1.87 bits per heavy atom. The molecule has 0 aromatic heterocycles. The van der Waals surface area contributed by atoms with Crippen molar-refractivity contribution in [3.63, 3.8) is 0 Å². The average Bonchev–Trinajstić information content (AvgIpc) is 2.30. The van der Waals surface area contributed by atoms with Gasteiger partial charge in [0.15, 0.2) is 0 Å². The Morgan fingerprint density at radius 2 is 1.60 bits per heavy atom. The fourth-order valence-corrected chi connectivity index (χ4v) is 3.07. The quantitative estimate of drug-likeness (QED) is 0.761. The highest BCUT2D eigenvalue weighted by Crippen LogP contribution is 2.39. The lowest BCUT2D eigenvalue weighted by Gasteiger charge is -2.38. The van der Waals surface area contributed by atoms with Gasteiger partial charge in [-0.15, -0.1) is 0 Å². The third-order valence-corrected chi connectivity index (χ3v) is 3.95. The van der Waals surface area contributed by atoms with E-state index in [1.807, 2.05) is 0 Å². The van der Waals surface area contributed by atoms with E-state index in [0.29, 0.717) is 30.1 Å². The van der Waals surface area contributed by atoms with Gasteiger partial charge in [-0.2, -0.15) is 0 Å². The molecule has 1 aliphatic rings. The largest absolute Gasteiger partial charge is 0.375 e. The second kappa shape index (κ2) is 4.42. The molecule has 0 aromatic rings. The fourth-order valence-electron chi connectivity index (χ4n) is 3.07. The van der Waals surface area contributed by atoms with Crippen molar-refractivity contribution in [3.8, 4) is 0 Å². The molecular formula is C13H27NO. The molecule has 1 saturated heterocycles. The van der Waals surface area contributed by atoms with E-state index in [4.69, 9.17) is 4.74 Å². The highest BCUT2D eigenvalue weighted by atomic mass is 16.5. The molecule has 90 valence electrons. The molecule has 2 nitrogen and oxygen atoms in total. The maximum absolute atomic E-state index is 5.92. The Hall–Kier alpha value is -0.0800. The van der Waals surface area contributed by atoms with Crippen molar-refractivity contribution in [2.75, 3.05) is 7.05 Å². The fraction of sp³-hybridized carbons (Fsp3) is 1.00. The summed E-state index contributed by atoms with van der Waals surface area (Å²) in [6, 6.07) is 0.521. The highest BCUT2D eigenvalue weighted by molar-refractivity contribution is 4.96. The van der Waals surface area contributed by atoms with Crippen LogP contribution in [0.1, 0.15) is 41.5 Å². The van der Waals surface area contributed by atoms with Gasteiger partial charge in [-0.25, -0.2) is 0 Å². The van der Waals surface area contributed by atoms with Gasteiger partial charge in [0.05, 0.1) is 12.2 Å². The van der Waals surface area contributed by atoms with E-state index >= 15 is 0 Å². The van der Waals surface area contributed by atoms with Crippen molar-refractivity contribution >= 4 is 0 Å². The summed E-state index contributed by atoms with van der Waals surface area (Å²) in [6.07, 6.45) is 0.759. The van der Waals surface area contributed by atoms with Crippen LogP contribution in [0.5, 0.6) is 0 Å². The monoisotopic (exact) mass is 213 g/mol. The molecule has 0 spiro atoms. The number of hydrogen-bond donors (Lipinski definition) is 1. The van der Waals surface area contributed by atoms with E-state index in [2.05, 4.69) is 53.9 Å². The lowest BCUT2D eigenvalue weighted by molar-refractivity contribution is 0.0410. The normalized spacial score (nSPS) is 39.4. The maximum atomic E-state index is 5.92. The molecule has 0 radical (unpaired) electrons. The van der Waals surface area contributed by atoms with Crippen LogP contribution >= 0.6 is 0 Å². The Balaban J connectivity index is 2.85. The Morgan fingerprint density at radius 1 is 1.07 bits per heavy atom. The van der Waals surface area contributed by atoms with Crippen molar-refractivity contribution in [2.45, 2.75) is 59.8 Å². The van der Waals surface area contributed by atoms with Crippen molar-refractivity contribution in [1.29, 1.82) is 0 Å². The van der Waals surface area contributed by atoms with Crippen molar-refractivity contribution in [3.05, 3.63) is 0 Å². The van der Waals surface area contributed by atoms with Crippen LogP contribution in [0, 0.1) is 17.3 Å². The maximum Gasteiger partial charge on any atom is 0.0597 e. The molecule has 1 N–H and O–H groups in total. The van der Waals surface area contributed by atoms with E-state index < -0.39 is 0 Å². The van der Waals surface area contributed by atoms with Gasteiger partial charge < -0.3 is 10.1 Å². The molecule has 1 heterocycles. The van der Waals surface area contributed by atoms with E-state index in [-0.39, 0.29) is 5.41 Å². The van der Waals surface area contributed by atoms with Crippen LogP contribution in [0.15, 0.2) is 0 Å². The second-order valence-corrected chi connectivity index (χ2v) is 6.12. The van der Waals surface area contributed by atoms with Gasteiger partial charge >= 0.3 is 0 Å². The summed E-state index contributed by atoms with van der Waals surface area (Å²) in [5.41, 5.74) is 0.287. The molecule has 15 heavy (non-hydrogen) atoms. The van der Waals surface area contributed by atoms with E-state index in [1.165, 1.54) is 0 Å². The minimum absolute atomic E-state index is 0.287. The molecule has 0 aromatic carbocycles. The summed E-state index contributed by atoms with van der Waals surface area (Å²) in [4.78, 5) is 0. The number of ether oxygens (including phenoxy) is 1. The summed E-state index contributed by atoms with van der Waals surface area (Å²) in [5, 5.41) is 3.49. The lowest BCUT2D eigenvalue weighted by atomic mass is 9.72. The standard InChI is InChI=1S/C13H27NO/c1-8-9(2)15-10(3)11(8)12(14-7)13(4,5)6/h8-12,14H,1-7H3. The Bertz CT molecular complexity index is 209. The molecule has 2 heteroatoms. The van der Waals surface area contributed by atoms with Crippen LogP contribution in [0.25, 0.3) is 0 Å². The summed E-state index contributed by atoms with van der Waals surface area (Å²) in [5.74, 6) is 1.25. The average molecular weight is 213 g/mol. The molecule has 0 saturated carbocycles. The van der Waals surface area contributed by atoms with Crippen molar-refractivity contribution in [1.82, 2.24) is 5.32 Å². The molecule has 0 amide bonds. The third-order valence-electron chi connectivity index (χ3n) is 3.95. The zero-order valence-corrected chi connectivity index (χ0v) is 11.3. The van der Waals surface area contributed by atoms with E-state index in [9.17, 15) is 0 Å². The molecular weight excluding hydrogens is 186 g/mol. The smallest absolute Gasteiger partial charge is 0.0597 e. The first-order valence-electron chi connectivity index (χ1n) is 6.11. The number of rotatable bonds is 2. The van der Waals surface area contributed by atoms with Crippen LogP contribution in [-0.2, 0) is 4.74 Å². The molecule has 0 aliphatic carbocycles. The number of nitrogens with one attached hydrogen (secondary N) is 1. The molecule has 0 bridgehead atoms. The topological polar surface area (TPSA) is 21.3 Å². The minimum atomic E-state index is 0.287. The van der Waals surface area contributed by atoms with Gasteiger partial charge in [-0.1, -0.05) is 27.7 Å². The number of hydrogen-bond acceptors (Lipinski definition) is 2. The van der Waals surface area contributed by atoms with Gasteiger partial charge in [0, 0.05) is 12.0 Å². The minimum Gasteiger partial charge on any atom is -0.375 e. The van der Waals surface area contributed by atoms with Crippen LogP contribution in [0.2, 0.25) is 0 Å². The highest BCUT2D eigenvalue weighted by Gasteiger charge is 2.44. The van der Waals surface area contributed by atoms with Gasteiger partial charge in [0.2, 0.25) is 0 Å². The van der Waals surface area contributed by atoms with Gasteiger partial charge in [-0.3, -0.25) is 0 Å². The van der Waals surface area contributed by atoms with Crippen LogP contribution in [0.3, 0.4) is 0 Å². The summed E-state index contributed by atoms with van der Waals surface area (Å²) >= 11 is 0. The first-order valence-corrected chi connectivity index (χ1v) is 6.11. The van der Waals surface area contributed by atoms with E-state index in [0.717, 1.165) is 0 Å². The van der Waals surface area contributed by atoms with Gasteiger partial charge in [0.1, 0.15) is 0 Å². The van der Waals surface area contributed by atoms with E-state index in [1.54, 1.807) is 0 Å². The predicted octanol–water partition coefficient (Wildman–Crippen LogP) is 2.68. The molecule has 1 fully saturated rings. The third kappa shape index (κ3) is 2.54. The van der Waals surface area contributed by atoms with Crippen molar-refractivity contribution in [2.24, 2.45) is 17.3 Å². The van der Waals surface area contributed by atoms with Crippen molar-refractivity contribution < 1.29 is 4.74 Å². The molecule has 1 aliphatic heterocycles. The van der Waals surface area contributed by atoms with Gasteiger partial charge in [0.25, 0.3) is 0 Å². The molecule has 5 atom stereocenters. The second-order valence-electron chi connectivity index (χ2n) is 6.12. The first kappa shape index (κ1) is 13.0. The molecule has 1 rings (SSSR count). The zero-order chi connectivity index (χ0) is 11.8. The summed E-state index contributed by atoms with van der Waals surface area (Å²) < 4.78 is 5.92. The summed E-state index contributed by atoms with van der Waals surface area (Å²) in [6.45, 7) is 13.6. The van der Waals surface area contributed by atoms with Crippen LogP contribution < -0.4 is 5.32 Å². The zero-order valence-electron chi connectivity index (χ0n) is 11.3. The van der Waals surface area contributed by atoms with Gasteiger partial charge in [-0.05, 0) is 32.2 Å². The SMILES string of the molecule is CNC(C1C(C)OC(C)C1C)C(C)(C)C. The van der Waals surface area contributed by atoms with Crippen LogP contribution in [-0.4, -0.2) is 25.3 Å².